The number of amides is 1. The number of likely N-dealkylation sites (N-methyl/N-ethyl adjacent to an activating group) is 1. The predicted octanol–water partition coefficient (Wildman–Crippen LogP) is 7.63. The highest BCUT2D eigenvalue weighted by Gasteiger charge is 2.27. The quantitative estimate of drug-likeness (QED) is 0.0911. The van der Waals surface area contributed by atoms with Crippen molar-refractivity contribution in [2.24, 2.45) is 0 Å². The van der Waals surface area contributed by atoms with Gasteiger partial charge < -0.3 is 5.32 Å². The first-order valence-corrected chi connectivity index (χ1v) is 15.1. The van der Waals surface area contributed by atoms with Crippen LogP contribution in [-0.4, -0.2) is 54.4 Å². The molecule has 0 aromatic heterocycles. The zero-order chi connectivity index (χ0) is 25.4. The summed E-state index contributed by atoms with van der Waals surface area (Å²) in [6.07, 6.45) is 31.3. The van der Waals surface area contributed by atoms with Crippen LogP contribution in [0, 0.1) is 0 Å². The van der Waals surface area contributed by atoms with E-state index in [4.69, 9.17) is 0 Å². The van der Waals surface area contributed by atoms with Crippen LogP contribution in [0.25, 0.3) is 0 Å². The van der Waals surface area contributed by atoms with Gasteiger partial charge in [-0.2, -0.15) is 0 Å². The molecule has 0 saturated carbocycles. The molecule has 0 fully saturated rings. The molecule has 1 aliphatic heterocycles. The molecule has 35 heavy (non-hydrogen) atoms. The molecule has 0 unspecified atom stereocenters. The van der Waals surface area contributed by atoms with Crippen LogP contribution in [0.15, 0.2) is 24.3 Å². The highest BCUT2D eigenvalue weighted by Crippen LogP contribution is 2.12. The van der Waals surface area contributed by atoms with Gasteiger partial charge in [0.1, 0.15) is 19.6 Å². The van der Waals surface area contributed by atoms with Crippen molar-refractivity contribution >= 4 is 11.7 Å². The fourth-order valence-electron chi connectivity index (χ4n) is 4.77. The van der Waals surface area contributed by atoms with E-state index in [1.54, 1.807) is 0 Å². The first kappa shape index (κ1) is 31.4. The Kier molecular flexibility index (Phi) is 20.5. The maximum atomic E-state index is 12.2. The smallest absolute Gasteiger partial charge is 0.246 e. The van der Waals surface area contributed by atoms with E-state index in [1.807, 2.05) is 0 Å². The Morgan fingerprint density at radius 1 is 0.829 bits per heavy atom. The normalized spacial score (nSPS) is 14.2. The Bertz CT molecular complexity index is 608. The van der Waals surface area contributed by atoms with Gasteiger partial charge in [0, 0.05) is 12.8 Å². The van der Waals surface area contributed by atoms with Crippen LogP contribution in [0.3, 0.4) is 0 Å². The standard InChI is InChI=1S/C31H57N3O/c1-4-6-8-10-12-14-15-17-19-21-23-25-31-33(3)28-29-34(31)27-26-32-30(35)24-22-20-18-16-13-11-9-7-5-2/h7,9-10,12H,4-6,8,11,13-29H2,1-3H3/p+1/b9-7+,12-10+. The molecule has 0 atom stereocenters. The number of nitrogens with one attached hydrogen (secondary N) is 1. The second kappa shape index (κ2) is 22.9. The van der Waals surface area contributed by atoms with Gasteiger partial charge >= 0.3 is 0 Å². The molecule has 0 aromatic carbocycles. The van der Waals surface area contributed by atoms with Crippen LogP contribution in [0.4, 0.5) is 0 Å². The van der Waals surface area contributed by atoms with Crippen molar-refractivity contribution in [3.63, 3.8) is 0 Å². The summed E-state index contributed by atoms with van der Waals surface area (Å²) in [4.78, 5) is 14.7. The fourth-order valence-corrected chi connectivity index (χ4v) is 4.77. The molecule has 1 rings (SSSR count). The fraction of sp³-hybridized carbons (Fsp3) is 0.806. The topological polar surface area (TPSA) is 35.4 Å². The van der Waals surface area contributed by atoms with Crippen molar-refractivity contribution in [1.82, 2.24) is 10.2 Å². The minimum absolute atomic E-state index is 0.227. The van der Waals surface area contributed by atoms with E-state index in [0.29, 0.717) is 6.42 Å². The molecule has 1 amide bonds. The van der Waals surface area contributed by atoms with Crippen molar-refractivity contribution in [1.29, 1.82) is 0 Å². The number of rotatable bonds is 23. The summed E-state index contributed by atoms with van der Waals surface area (Å²) in [7, 11) is 2.22. The number of hydrogen-bond acceptors (Lipinski definition) is 2. The molecule has 1 aliphatic rings. The van der Waals surface area contributed by atoms with Crippen molar-refractivity contribution in [2.45, 2.75) is 129 Å². The second-order valence-electron chi connectivity index (χ2n) is 10.3. The first-order valence-electron chi connectivity index (χ1n) is 15.1. The average molecular weight is 489 g/mol. The van der Waals surface area contributed by atoms with Gasteiger partial charge in [-0.15, -0.1) is 0 Å². The molecule has 0 bridgehead atoms. The lowest BCUT2D eigenvalue weighted by molar-refractivity contribution is -0.487. The molecule has 0 aliphatic carbocycles. The molecule has 1 heterocycles. The zero-order valence-corrected chi connectivity index (χ0v) is 23.7. The van der Waals surface area contributed by atoms with Crippen molar-refractivity contribution in [3.8, 4) is 0 Å². The summed E-state index contributed by atoms with van der Waals surface area (Å²) in [6, 6.07) is 0. The monoisotopic (exact) mass is 488 g/mol. The van der Waals surface area contributed by atoms with Crippen molar-refractivity contribution in [2.75, 3.05) is 33.2 Å². The van der Waals surface area contributed by atoms with Gasteiger partial charge in [-0.3, -0.25) is 14.3 Å². The van der Waals surface area contributed by atoms with Crippen LogP contribution in [-0.2, 0) is 4.79 Å². The molecule has 202 valence electrons. The van der Waals surface area contributed by atoms with Gasteiger partial charge in [0.15, 0.2) is 0 Å². The van der Waals surface area contributed by atoms with Gasteiger partial charge in [-0.25, -0.2) is 0 Å². The maximum Gasteiger partial charge on any atom is 0.246 e. The van der Waals surface area contributed by atoms with Crippen molar-refractivity contribution in [3.05, 3.63) is 24.3 Å². The van der Waals surface area contributed by atoms with E-state index < -0.39 is 0 Å². The van der Waals surface area contributed by atoms with E-state index in [0.717, 1.165) is 39.0 Å². The number of hydrogen-bond donors (Lipinski definition) is 1. The Hall–Kier alpha value is -1.58. The number of amidine groups is 1. The molecule has 4 nitrogen and oxygen atoms in total. The van der Waals surface area contributed by atoms with Crippen LogP contribution >= 0.6 is 0 Å². The predicted molar refractivity (Wildman–Crippen MR) is 153 cm³/mol. The third kappa shape index (κ3) is 17.5. The minimum Gasteiger partial charge on any atom is -0.352 e. The van der Waals surface area contributed by atoms with E-state index >= 15 is 0 Å². The summed E-state index contributed by atoms with van der Waals surface area (Å²) in [5.74, 6) is 1.71. The zero-order valence-electron chi connectivity index (χ0n) is 23.7. The van der Waals surface area contributed by atoms with E-state index in [1.165, 1.54) is 102 Å². The van der Waals surface area contributed by atoms with Crippen molar-refractivity contribution < 1.29 is 9.37 Å². The second-order valence-corrected chi connectivity index (χ2v) is 10.3. The summed E-state index contributed by atoms with van der Waals surface area (Å²) in [5, 5.41) is 3.15. The Morgan fingerprint density at radius 2 is 1.43 bits per heavy atom. The summed E-state index contributed by atoms with van der Waals surface area (Å²) >= 11 is 0. The molecular formula is C31H58N3O+. The van der Waals surface area contributed by atoms with Gasteiger partial charge in [-0.1, -0.05) is 89.5 Å². The number of nitrogens with zero attached hydrogens (tertiary/aromatic N) is 2. The Balaban J connectivity index is 2.03. The summed E-state index contributed by atoms with van der Waals surface area (Å²) < 4.78 is 2.42. The average Bonchev–Trinajstić information content (AvgIpc) is 3.20. The molecule has 4 heteroatoms. The summed E-state index contributed by atoms with van der Waals surface area (Å²) in [6.45, 7) is 8.36. The third-order valence-corrected chi connectivity index (χ3v) is 7.05. The lowest BCUT2D eigenvalue weighted by Gasteiger charge is -2.14. The van der Waals surface area contributed by atoms with Crippen LogP contribution < -0.4 is 5.32 Å². The molecule has 1 N–H and O–H groups in total. The highest BCUT2D eigenvalue weighted by atomic mass is 16.1. The first-order chi connectivity index (χ1) is 17.2. The van der Waals surface area contributed by atoms with Crippen LogP contribution in [0.1, 0.15) is 129 Å². The van der Waals surface area contributed by atoms with E-state index in [-0.39, 0.29) is 5.91 Å². The highest BCUT2D eigenvalue weighted by molar-refractivity contribution is 5.78. The maximum absolute atomic E-state index is 12.2. The summed E-state index contributed by atoms with van der Waals surface area (Å²) in [5.41, 5.74) is 0. The molecule has 0 saturated heterocycles. The number of unbranched alkanes of at least 4 members (excludes halogenated alkanes) is 12. The Morgan fingerprint density at radius 3 is 2.11 bits per heavy atom. The number of allylic oxidation sites excluding steroid dienone is 4. The third-order valence-electron chi connectivity index (χ3n) is 7.05. The Labute approximate surface area is 218 Å². The largest absolute Gasteiger partial charge is 0.352 e. The SMILES string of the molecule is CC/C=C/CCCCCCCC(=O)NCCN1CC[N+](C)=C1CCCCCCC/C=C/CCCC. The lowest BCUT2D eigenvalue weighted by Crippen LogP contribution is -2.37. The van der Waals surface area contributed by atoms with E-state index in [9.17, 15) is 4.79 Å². The van der Waals surface area contributed by atoms with Gasteiger partial charge in [-0.05, 0) is 51.4 Å². The van der Waals surface area contributed by atoms with Crippen LogP contribution in [0.5, 0.6) is 0 Å². The number of carbonyl (C=O) groups is 1. The molecule has 0 aromatic rings. The van der Waals surface area contributed by atoms with Gasteiger partial charge in [0.25, 0.3) is 0 Å². The number of carbonyl (C=O) groups excluding carboxylic acids is 1. The molecule has 0 radical (unpaired) electrons. The molecular weight excluding hydrogens is 430 g/mol. The van der Waals surface area contributed by atoms with Gasteiger partial charge in [0.2, 0.25) is 11.7 Å². The lowest BCUT2D eigenvalue weighted by atomic mass is 10.1. The van der Waals surface area contributed by atoms with E-state index in [2.05, 4.69) is 60.0 Å². The molecule has 0 spiro atoms. The van der Waals surface area contributed by atoms with Crippen LogP contribution in [0.2, 0.25) is 0 Å². The van der Waals surface area contributed by atoms with Gasteiger partial charge in [0.05, 0.1) is 13.6 Å². The minimum atomic E-state index is 0.227.